The molecule has 0 aromatic carbocycles. The number of nitrogens with two attached hydrogens (primary N) is 1. The average Bonchev–Trinajstić information content (AvgIpc) is 2.26. The average molecular weight is 242 g/mol. The van der Waals surface area contributed by atoms with Crippen molar-refractivity contribution in [1.29, 1.82) is 0 Å². The molecule has 0 aliphatic heterocycles. The van der Waals surface area contributed by atoms with E-state index in [0.29, 0.717) is 13.2 Å². The maximum atomic E-state index is 12.7. The Balaban J connectivity index is 3.47. The van der Waals surface area contributed by atoms with E-state index in [4.69, 9.17) is 9.47 Å². The first-order valence-electron chi connectivity index (χ1n) is 4.64. The van der Waals surface area contributed by atoms with E-state index in [1.807, 2.05) is 0 Å². The van der Waals surface area contributed by atoms with Gasteiger partial charge in [-0.25, -0.2) is 5.84 Å². The van der Waals surface area contributed by atoms with Crippen LogP contribution in [0.5, 0.6) is 0 Å². The standard InChI is InChI=1S/C8H16F2N2O4/c1-14-5-6-15-3-2-4-16-8(9,10)7(13)12-11/h2-6,11H2,1H3,(H,12,13). The summed E-state index contributed by atoms with van der Waals surface area (Å²) in [5.41, 5.74) is 1.31. The zero-order chi connectivity index (χ0) is 12.4. The van der Waals surface area contributed by atoms with Crippen molar-refractivity contribution in [1.82, 2.24) is 5.43 Å². The molecule has 0 aliphatic carbocycles. The molecule has 0 heterocycles. The minimum absolute atomic E-state index is 0.247. The second-order valence-electron chi connectivity index (χ2n) is 2.80. The first-order chi connectivity index (χ1) is 7.54. The summed E-state index contributed by atoms with van der Waals surface area (Å²) in [5.74, 6) is 2.87. The molecule has 0 unspecified atom stereocenters. The highest BCUT2D eigenvalue weighted by Gasteiger charge is 2.39. The van der Waals surface area contributed by atoms with Crippen molar-refractivity contribution in [3.8, 4) is 0 Å². The number of carbonyl (C=O) groups excluding carboxylic acids is 1. The smallest absolute Gasteiger partial charge is 0.382 e. The minimum Gasteiger partial charge on any atom is -0.382 e. The fraction of sp³-hybridized carbons (Fsp3) is 0.875. The molecule has 8 heteroatoms. The lowest BCUT2D eigenvalue weighted by molar-refractivity contribution is -0.232. The van der Waals surface area contributed by atoms with Gasteiger partial charge < -0.3 is 14.2 Å². The highest BCUT2D eigenvalue weighted by Crippen LogP contribution is 2.14. The first-order valence-corrected chi connectivity index (χ1v) is 4.64. The Morgan fingerprint density at radius 2 is 2.00 bits per heavy atom. The Morgan fingerprint density at radius 3 is 2.56 bits per heavy atom. The van der Waals surface area contributed by atoms with Crippen molar-refractivity contribution < 1.29 is 27.8 Å². The lowest BCUT2D eigenvalue weighted by Crippen LogP contribution is -2.45. The molecule has 1 amide bonds. The Labute approximate surface area is 92.0 Å². The zero-order valence-electron chi connectivity index (χ0n) is 9.00. The van der Waals surface area contributed by atoms with Gasteiger partial charge in [0.15, 0.2) is 0 Å². The van der Waals surface area contributed by atoms with E-state index >= 15 is 0 Å². The number of alkyl halides is 2. The lowest BCUT2D eigenvalue weighted by Gasteiger charge is -2.14. The Hall–Kier alpha value is -0.830. The number of hydrazine groups is 1. The molecule has 96 valence electrons. The van der Waals surface area contributed by atoms with E-state index in [0.717, 1.165) is 0 Å². The predicted molar refractivity (Wildman–Crippen MR) is 50.5 cm³/mol. The summed E-state index contributed by atoms with van der Waals surface area (Å²) >= 11 is 0. The zero-order valence-corrected chi connectivity index (χ0v) is 9.00. The van der Waals surface area contributed by atoms with Crippen molar-refractivity contribution in [2.75, 3.05) is 33.5 Å². The Bertz CT molecular complexity index is 204. The predicted octanol–water partition coefficient (Wildman–Crippen LogP) is -0.361. The number of carbonyl (C=O) groups is 1. The summed E-state index contributed by atoms with van der Waals surface area (Å²) in [4.78, 5) is 10.5. The number of rotatable bonds is 9. The molecule has 0 aliphatic rings. The molecule has 0 aromatic heterocycles. The van der Waals surface area contributed by atoms with Crippen molar-refractivity contribution in [3.63, 3.8) is 0 Å². The van der Waals surface area contributed by atoms with Crippen LogP contribution in [-0.4, -0.2) is 45.6 Å². The monoisotopic (exact) mass is 242 g/mol. The van der Waals surface area contributed by atoms with Gasteiger partial charge in [-0.15, -0.1) is 0 Å². The topological polar surface area (TPSA) is 82.8 Å². The number of hydrogen-bond donors (Lipinski definition) is 2. The van der Waals surface area contributed by atoms with Gasteiger partial charge in [-0.05, 0) is 6.42 Å². The molecular formula is C8H16F2N2O4. The molecule has 0 rings (SSSR count). The van der Waals surface area contributed by atoms with Crippen LogP contribution in [0.2, 0.25) is 0 Å². The van der Waals surface area contributed by atoms with Crippen LogP contribution in [0, 0.1) is 0 Å². The van der Waals surface area contributed by atoms with E-state index in [1.165, 1.54) is 12.5 Å². The summed E-state index contributed by atoms with van der Waals surface area (Å²) < 4.78 is 39.1. The molecular weight excluding hydrogens is 226 g/mol. The van der Waals surface area contributed by atoms with Gasteiger partial charge in [-0.3, -0.25) is 10.2 Å². The molecule has 0 atom stereocenters. The lowest BCUT2D eigenvalue weighted by atomic mass is 10.5. The van der Waals surface area contributed by atoms with Crippen LogP contribution in [0.1, 0.15) is 6.42 Å². The Kier molecular flexibility index (Phi) is 7.90. The number of amides is 1. The normalized spacial score (nSPS) is 11.5. The molecule has 0 spiro atoms. The highest BCUT2D eigenvalue weighted by molar-refractivity contribution is 5.81. The third kappa shape index (κ3) is 6.62. The summed E-state index contributed by atoms with van der Waals surface area (Å²) in [6, 6.07) is 0. The van der Waals surface area contributed by atoms with E-state index in [2.05, 4.69) is 10.6 Å². The molecule has 16 heavy (non-hydrogen) atoms. The third-order valence-corrected chi connectivity index (χ3v) is 1.54. The summed E-state index contributed by atoms with van der Waals surface area (Å²) in [5, 5.41) is 0. The number of hydrogen-bond acceptors (Lipinski definition) is 5. The molecule has 0 saturated heterocycles. The highest BCUT2D eigenvalue weighted by atomic mass is 19.3. The van der Waals surface area contributed by atoms with Crippen molar-refractivity contribution in [2.45, 2.75) is 12.5 Å². The summed E-state index contributed by atoms with van der Waals surface area (Å²) in [6.07, 6.45) is -3.65. The van der Waals surface area contributed by atoms with Gasteiger partial charge in [0.2, 0.25) is 0 Å². The molecule has 0 aromatic rings. The third-order valence-electron chi connectivity index (χ3n) is 1.54. The SMILES string of the molecule is COCCOCCCOC(F)(F)C(=O)NN. The number of ether oxygens (including phenoxy) is 3. The molecule has 0 fully saturated rings. The van der Waals surface area contributed by atoms with Crippen molar-refractivity contribution in [2.24, 2.45) is 5.84 Å². The van der Waals surface area contributed by atoms with Crippen LogP contribution in [0.3, 0.4) is 0 Å². The minimum atomic E-state index is -3.90. The quantitative estimate of drug-likeness (QED) is 0.250. The number of nitrogens with one attached hydrogen (secondary N) is 1. The van der Waals surface area contributed by atoms with Gasteiger partial charge in [-0.2, -0.15) is 8.78 Å². The van der Waals surface area contributed by atoms with Gasteiger partial charge in [0.25, 0.3) is 0 Å². The number of methoxy groups -OCH3 is 1. The number of halogens is 2. The van der Waals surface area contributed by atoms with E-state index in [9.17, 15) is 13.6 Å². The van der Waals surface area contributed by atoms with Gasteiger partial charge in [0.05, 0.1) is 19.8 Å². The maximum absolute atomic E-state index is 12.7. The second kappa shape index (κ2) is 8.34. The fourth-order valence-electron chi connectivity index (χ4n) is 0.755. The van der Waals surface area contributed by atoms with E-state index in [1.54, 1.807) is 0 Å². The first kappa shape index (κ1) is 15.2. The van der Waals surface area contributed by atoms with Crippen LogP contribution in [0.4, 0.5) is 8.78 Å². The van der Waals surface area contributed by atoms with Gasteiger partial charge in [0.1, 0.15) is 0 Å². The van der Waals surface area contributed by atoms with Crippen LogP contribution >= 0.6 is 0 Å². The molecule has 0 radical (unpaired) electrons. The van der Waals surface area contributed by atoms with Gasteiger partial charge in [-0.1, -0.05) is 0 Å². The summed E-state index contributed by atoms with van der Waals surface area (Å²) in [7, 11) is 1.53. The molecule has 6 nitrogen and oxygen atoms in total. The van der Waals surface area contributed by atoms with Gasteiger partial charge >= 0.3 is 12.0 Å². The Morgan fingerprint density at radius 1 is 1.31 bits per heavy atom. The van der Waals surface area contributed by atoms with Crippen LogP contribution < -0.4 is 11.3 Å². The van der Waals surface area contributed by atoms with Crippen LogP contribution in [0.15, 0.2) is 0 Å². The molecule has 3 N–H and O–H groups in total. The fourth-order valence-corrected chi connectivity index (χ4v) is 0.755. The molecule has 0 bridgehead atoms. The molecule has 0 saturated carbocycles. The van der Waals surface area contributed by atoms with Crippen molar-refractivity contribution in [3.05, 3.63) is 0 Å². The second-order valence-corrected chi connectivity index (χ2v) is 2.80. The van der Waals surface area contributed by atoms with Crippen LogP contribution in [0.25, 0.3) is 0 Å². The largest absolute Gasteiger partial charge is 0.437 e. The summed E-state index contributed by atoms with van der Waals surface area (Å²) in [6.45, 7) is 0.778. The van der Waals surface area contributed by atoms with E-state index < -0.39 is 12.0 Å². The van der Waals surface area contributed by atoms with Gasteiger partial charge in [0, 0.05) is 13.7 Å². The van der Waals surface area contributed by atoms with Crippen LogP contribution in [-0.2, 0) is 19.0 Å². The van der Waals surface area contributed by atoms with E-state index in [-0.39, 0.29) is 19.6 Å². The maximum Gasteiger partial charge on any atom is 0.437 e. The van der Waals surface area contributed by atoms with Crippen molar-refractivity contribution >= 4 is 5.91 Å².